The Kier molecular flexibility index (Phi) is 9.06. The van der Waals surface area contributed by atoms with E-state index in [1.54, 1.807) is 6.08 Å². The van der Waals surface area contributed by atoms with Crippen LogP contribution in [-0.2, 0) is 9.53 Å². The molecule has 1 fully saturated rings. The Morgan fingerprint density at radius 1 is 1.56 bits per heavy atom. The highest BCUT2D eigenvalue weighted by Crippen LogP contribution is 2.12. The van der Waals surface area contributed by atoms with Crippen LogP contribution in [0, 0.1) is 0 Å². The van der Waals surface area contributed by atoms with Crippen molar-refractivity contribution in [3.8, 4) is 0 Å². The van der Waals surface area contributed by atoms with Gasteiger partial charge in [-0.15, -0.1) is 19.0 Å². The molecule has 1 rings (SSSR count). The van der Waals surface area contributed by atoms with Crippen LogP contribution in [0.25, 0.3) is 0 Å². The predicted molar refractivity (Wildman–Crippen MR) is 76.1 cm³/mol. The number of piperidine rings is 1. The molecule has 0 radical (unpaired) electrons. The van der Waals surface area contributed by atoms with Gasteiger partial charge in [0.15, 0.2) is 0 Å². The van der Waals surface area contributed by atoms with Crippen molar-refractivity contribution in [2.45, 2.75) is 38.3 Å². The molecule has 1 N–H and O–H groups in total. The summed E-state index contributed by atoms with van der Waals surface area (Å²) >= 11 is 0. The molecule has 0 aromatic rings. The first kappa shape index (κ1) is 17.4. The zero-order valence-corrected chi connectivity index (χ0v) is 12.2. The number of nitrogens with one attached hydrogen (secondary N) is 1. The van der Waals surface area contributed by atoms with Gasteiger partial charge < -0.3 is 15.0 Å². The summed E-state index contributed by atoms with van der Waals surface area (Å²) in [5.41, 5.74) is 0. The van der Waals surface area contributed by atoms with Crippen molar-refractivity contribution < 1.29 is 9.53 Å². The van der Waals surface area contributed by atoms with Crippen LogP contribution in [0.1, 0.15) is 26.2 Å². The monoisotopic (exact) mass is 276 g/mol. The smallest absolute Gasteiger partial charge is 0.251 e. The molecule has 5 heteroatoms. The summed E-state index contributed by atoms with van der Waals surface area (Å²) in [5.74, 6) is 0.114. The minimum absolute atomic E-state index is 0. The number of carbonyl (C=O) groups is 1. The van der Waals surface area contributed by atoms with Crippen LogP contribution in [0.15, 0.2) is 12.7 Å². The Morgan fingerprint density at radius 2 is 2.17 bits per heavy atom. The van der Waals surface area contributed by atoms with Gasteiger partial charge in [0.2, 0.25) is 0 Å². The first-order chi connectivity index (χ1) is 8.19. The summed E-state index contributed by atoms with van der Waals surface area (Å²) in [7, 11) is 1.98. The Bertz CT molecular complexity index is 253. The third-order valence-corrected chi connectivity index (χ3v) is 3.25. The highest BCUT2D eigenvalue weighted by molar-refractivity contribution is 5.85. The molecule has 1 unspecified atom stereocenters. The second-order valence-corrected chi connectivity index (χ2v) is 4.48. The quantitative estimate of drug-likeness (QED) is 0.592. The molecule has 1 aliphatic rings. The molecule has 0 spiro atoms. The minimum Gasteiger partial charge on any atom is -0.368 e. The summed E-state index contributed by atoms with van der Waals surface area (Å²) in [6.45, 7) is 7.70. The van der Waals surface area contributed by atoms with Crippen molar-refractivity contribution >= 4 is 18.3 Å². The molecule has 1 amide bonds. The van der Waals surface area contributed by atoms with Crippen LogP contribution >= 0.6 is 12.4 Å². The van der Waals surface area contributed by atoms with E-state index in [0.717, 1.165) is 32.4 Å². The van der Waals surface area contributed by atoms with Gasteiger partial charge in [-0.25, -0.2) is 0 Å². The number of ether oxygens (including phenoxy) is 1. The third kappa shape index (κ3) is 5.38. The third-order valence-electron chi connectivity index (χ3n) is 3.25. The van der Waals surface area contributed by atoms with Crippen molar-refractivity contribution in [3.05, 3.63) is 12.7 Å². The van der Waals surface area contributed by atoms with Crippen molar-refractivity contribution in [3.63, 3.8) is 0 Å². The molecule has 1 atom stereocenters. The summed E-state index contributed by atoms with van der Waals surface area (Å²) in [6.07, 6.45) is 4.32. The lowest BCUT2D eigenvalue weighted by atomic mass is 10.0. The van der Waals surface area contributed by atoms with E-state index in [0.29, 0.717) is 12.6 Å². The van der Waals surface area contributed by atoms with E-state index < -0.39 is 0 Å². The highest BCUT2D eigenvalue weighted by Gasteiger charge is 2.25. The molecule has 4 nitrogen and oxygen atoms in total. The number of likely N-dealkylation sites (tertiary alicyclic amines) is 1. The highest BCUT2D eigenvalue weighted by atomic mass is 35.5. The molecule has 0 aliphatic carbocycles. The molecule has 106 valence electrons. The second-order valence-electron chi connectivity index (χ2n) is 4.48. The molecule has 1 saturated heterocycles. The average Bonchev–Trinajstić information content (AvgIpc) is 2.38. The minimum atomic E-state index is -0.332. The van der Waals surface area contributed by atoms with Crippen LogP contribution in [0.5, 0.6) is 0 Å². The standard InChI is InChI=1S/C13H24N2O2.ClH/c1-4-5-10-17-11(2)13(16)15-8-6-12(14-3)7-9-15;/h4,11-12,14H,1,5-10H2,2-3H3;1H. The molecule has 1 heterocycles. The fraction of sp³-hybridized carbons (Fsp3) is 0.769. The van der Waals surface area contributed by atoms with E-state index in [4.69, 9.17) is 4.74 Å². The average molecular weight is 277 g/mol. The lowest BCUT2D eigenvalue weighted by molar-refractivity contribution is -0.143. The van der Waals surface area contributed by atoms with E-state index in [1.807, 2.05) is 18.9 Å². The number of hydrogen-bond acceptors (Lipinski definition) is 3. The van der Waals surface area contributed by atoms with Gasteiger partial charge >= 0.3 is 0 Å². The Labute approximate surface area is 116 Å². The van der Waals surface area contributed by atoms with E-state index in [2.05, 4.69) is 11.9 Å². The van der Waals surface area contributed by atoms with Gasteiger partial charge in [0.1, 0.15) is 6.10 Å². The van der Waals surface area contributed by atoms with Crippen LogP contribution in [0.4, 0.5) is 0 Å². The molecular weight excluding hydrogens is 252 g/mol. The molecule has 1 aliphatic heterocycles. The van der Waals surface area contributed by atoms with E-state index in [9.17, 15) is 4.79 Å². The summed E-state index contributed by atoms with van der Waals surface area (Å²) in [6, 6.07) is 0.552. The van der Waals surface area contributed by atoms with Crippen LogP contribution < -0.4 is 5.32 Å². The van der Waals surface area contributed by atoms with E-state index >= 15 is 0 Å². The lowest BCUT2D eigenvalue weighted by Crippen LogP contribution is -2.47. The molecule has 0 bridgehead atoms. The number of nitrogens with zero attached hydrogens (tertiary/aromatic N) is 1. The van der Waals surface area contributed by atoms with Gasteiger partial charge in [-0.3, -0.25) is 4.79 Å². The van der Waals surface area contributed by atoms with E-state index in [1.165, 1.54) is 0 Å². The molecule has 0 aromatic carbocycles. The van der Waals surface area contributed by atoms with Crippen molar-refractivity contribution in [1.82, 2.24) is 10.2 Å². The zero-order valence-electron chi connectivity index (χ0n) is 11.4. The predicted octanol–water partition coefficient (Wildman–Crippen LogP) is 1.60. The van der Waals surface area contributed by atoms with Crippen LogP contribution in [0.3, 0.4) is 0 Å². The topological polar surface area (TPSA) is 41.6 Å². The SMILES string of the molecule is C=CCCOC(C)C(=O)N1CCC(NC)CC1.Cl. The first-order valence-electron chi connectivity index (χ1n) is 6.37. The van der Waals surface area contributed by atoms with Crippen LogP contribution in [-0.4, -0.2) is 49.7 Å². The van der Waals surface area contributed by atoms with Gasteiger partial charge in [-0.1, -0.05) is 6.08 Å². The van der Waals surface area contributed by atoms with Gasteiger partial charge in [0, 0.05) is 19.1 Å². The van der Waals surface area contributed by atoms with Gasteiger partial charge in [-0.2, -0.15) is 0 Å². The maximum atomic E-state index is 12.0. The van der Waals surface area contributed by atoms with Gasteiger partial charge in [0.05, 0.1) is 6.61 Å². The van der Waals surface area contributed by atoms with Crippen molar-refractivity contribution in [2.24, 2.45) is 0 Å². The fourth-order valence-corrected chi connectivity index (χ4v) is 2.05. The van der Waals surface area contributed by atoms with Gasteiger partial charge in [0.25, 0.3) is 5.91 Å². The summed E-state index contributed by atoms with van der Waals surface area (Å²) in [5, 5.41) is 3.25. The van der Waals surface area contributed by atoms with Crippen LogP contribution in [0.2, 0.25) is 0 Å². The number of hydrogen-bond donors (Lipinski definition) is 1. The fourth-order valence-electron chi connectivity index (χ4n) is 2.05. The lowest BCUT2D eigenvalue weighted by Gasteiger charge is -2.33. The normalized spacial score (nSPS) is 18.0. The summed E-state index contributed by atoms with van der Waals surface area (Å²) < 4.78 is 5.47. The number of amides is 1. The van der Waals surface area contributed by atoms with Crippen molar-refractivity contribution in [2.75, 3.05) is 26.7 Å². The zero-order chi connectivity index (χ0) is 12.7. The Hall–Kier alpha value is -0.580. The maximum Gasteiger partial charge on any atom is 0.251 e. The first-order valence-corrected chi connectivity index (χ1v) is 6.37. The summed E-state index contributed by atoms with van der Waals surface area (Å²) in [4.78, 5) is 14.0. The number of carbonyl (C=O) groups excluding carboxylic acids is 1. The number of halogens is 1. The Balaban J connectivity index is 0.00000289. The molecular formula is C13H25ClN2O2. The maximum absolute atomic E-state index is 12.0. The van der Waals surface area contributed by atoms with Crippen molar-refractivity contribution in [1.29, 1.82) is 0 Å². The molecule has 18 heavy (non-hydrogen) atoms. The number of rotatable bonds is 6. The molecule has 0 saturated carbocycles. The second kappa shape index (κ2) is 9.36. The Morgan fingerprint density at radius 3 is 2.67 bits per heavy atom. The van der Waals surface area contributed by atoms with E-state index in [-0.39, 0.29) is 24.4 Å². The largest absolute Gasteiger partial charge is 0.368 e. The molecule has 0 aromatic heterocycles. The van der Waals surface area contributed by atoms with Gasteiger partial charge in [-0.05, 0) is 33.2 Å².